The average Bonchev–Trinajstić information content (AvgIpc) is 2.73. The van der Waals surface area contributed by atoms with Crippen LogP contribution in [0.4, 0.5) is 5.69 Å². The first-order chi connectivity index (χ1) is 12.2. The van der Waals surface area contributed by atoms with Crippen LogP contribution in [0, 0.1) is 0 Å². The van der Waals surface area contributed by atoms with Gasteiger partial charge in [0.15, 0.2) is 11.0 Å². The van der Waals surface area contributed by atoms with Gasteiger partial charge in [-0.15, -0.1) is 0 Å². The van der Waals surface area contributed by atoms with Crippen molar-refractivity contribution in [1.29, 1.82) is 0 Å². The fourth-order valence-corrected chi connectivity index (χ4v) is 4.18. The van der Waals surface area contributed by atoms with Crippen LogP contribution in [0.25, 0.3) is 0 Å². The largest absolute Gasteiger partial charge is 0.382 e. The van der Waals surface area contributed by atoms with Crippen LogP contribution in [0.2, 0.25) is 5.02 Å². The Morgan fingerprint density at radius 1 is 1.16 bits per heavy atom. The average molecular weight is 381 g/mol. The zero-order chi connectivity index (χ0) is 17.6. The van der Waals surface area contributed by atoms with Crippen molar-refractivity contribution in [1.82, 2.24) is 5.32 Å². The highest BCUT2D eigenvalue weighted by atomic mass is 35.5. The molecular weight excluding hydrogens is 360 g/mol. The second kappa shape index (κ2) is 8.78. The van der Waals surface area contributed by atoms with E-state index in [2.05, 4.69) is 10.0 Å². The summed E-state index contributed by atoms with van der Waals surface area (Å²) in [7, 11) is 0.293. The highest BCUT2D eigenvalue weighted by Crippen LogP contribution is 2.36. The lowest BCUT2D eigenvalue weighted by Gasteiger charge is -2.21. The van der Waals surface area contributed by atoms with E-state index >= 15 is 0 Å². The van der Waals surface area contributed by atoms with Crippen LogP contribution in [-0.4, -0.2) is 37.7 Å². The van der Waals surface area contributed by atoms with Gasteiger partial charge in [0.1, 0.15) is 0 Å². The van der Waals surface area contributed by atoms with E-state index in [0.29, 0.717) is 36.3 Å². The topological polar surface area (TPSA) is 59.6 Å². The number of methoxy groups -OCH3 is 1. The second-order valence-corrected chi connectivity index (χ2v) is 7.25. The van der Waals surface area contributed by atoms with Crippen molar-refractivity contribution in [2.75, 3.05) is 38.2 Å². The second-order valence-electron chi connectivity index (χ2n) is 5.63. The normalized spacial score (nSPS) is 18.8. The molecule has 0 radical (unpaired) electrons. The molecule has 1 aliphatic rings. The molecule has 0 saturated carbocycles. The SMILES string of the molecule is COCCOCCNC1c2ccccc2NS(=O)c2cc(Cl)ccc21. The van der Waals surface area contributed by atoms with E-state index in [9.17, 15) is 4.21 Å². The van der Waals surface area contributed by atoms with Crippen molar-refractivity contribution in [3.8, 4) is 0 Å². The summed E-state index contributed by atoms with van der Waals surface area (Å²) in [6, 6.07) is 13.3. The van der Waals surface area contributed by atoms with Crippen molar-refractivity contribution in [2.45, 2.75) is 10.9 Å². The minimum absolute atomic E-state index is 0.0894. The Hall–Kier alpha value is -1.44. The van der Waals surface area contributed by atoms with Gasteiger partial charge < -0.3 is 19.5 Å². The van der Waals surface area contributed by atoms with Crippen LogP contribution in [0.1, 0.15) is 17.2 Å². The summed E-state index contributed by atoms with van der Waals surface area (Å²) in [5.74, 6) is 0. The van der Waals surface area contributed by atoms with Crippen LogP contribution in [0.3, 0.4) is 0 Å². The summed E-state index contributed by atoms with van der Waals surface area (Å²) in [6.45, 7) is 2.38. The quantitative estimate of drug-likeness (QED) is 0.724. The molecule has 2 atom stereocenters. The van der Waals surface area contributed by atoms with Crippen molar-refractivity contribution in [2.24, 2.45) is 0 Å². The number of anilines is 1. The van der Waals surface area contributed by atoms with Gasteiger partial charge in [0, 0.05) is 18.7 Å². The molecule has 134 valence electrons. The third-order valence-electron chi connectivity index (χ3n) is 3.99. The molecule has 3 rings (SSSR count). The third kappa shape index (κ3) is 4.40. The van der Waals surface area contributed by atoms with Crippen LogP contribution >= 0.6 is 11.6 Å². The van der Waals surface area contributed by atoms with Gasteiger partial charge in [0.25, 0.3) is 0 Å². The molecule has 0 aliphatic carbocycles. The number of ether oxygens (including phenoxy) is 2. The Labute approximate surface area is 155 Å². The molecule has 1 heterocycles. The van der Waals surface area contributed by atoms with E-state index in [4.69, 9.17) is 21.1 Å². The molecule has 2 N–H and O–H groups in total. The van der Waals surface area contributed by atoms with Gasteiger partial charge in [0.05, 0.1) is 36.4 Å². The van der Waals surface area contributed by atoms with E-state index in [1.54, 1.807) is 13.2 Å². The number of hydrogen-bond acceptors (Lipinski definition) is 4. The molecule has 1 aliphatic heterocycles. The third-order valence-corrected chi connectivity index (χ3v) is 5.38. The lowest BCUT2D eigenvalue weighted by molar-refractivity contribution is 0.0714. The molecule has 25 heavy (non-hydrogen) atoms. The predicted molar refractivity (Wildman–Crippen MR) is 100 cm³/mol. The number of nitrogens with one attached hydrogen (secondary N) is 2. The number of rotatable bonds is 7. The first kappa shape index (κ1) is 18.4. The van der Waals surface area contributed by atoms with E-state index in [1.165, 1.54) is 0 Å². The van der Waals surface area contributed by atoms with Crippen molar-refractivity contribution in [3.63, 3.8) is 0 Å². The molecular formula is C18H21ClN2O3S. The Morgan fingerprint density at radius 2 is 2.00 bits per heavy atom. The summed E-state index contributed by atoms with van der Waals surface area (Å²) in [4.78, 5) is 0.696. The molecule has 2 aromatic carbocycles. The number of para-hydroxylation sites is 1. The molecule has 7 heteroatoms. The van der Waals surface area contributed by atoms with E-state index < -0.39 is 11.0 Å². The summed E-state index contributed by atoms with van der Waals surface area (Å²) in [6.07, 6.45) is 0. The molecule has 0 aromatic heterocycles. The smallest absolute Gasteiger partial charge is 0.150 e. The van der Waals surface area contributed by atoms with Crippen LogP contribution < -0.4 is 10.0 Å². The van der Waals surface area contributed by atoms with E-state index in [0.717, 1.165) is 16.8 Å². The highest BCUT2D eigenvalue weighted by Gasteiger charge is 2.26. The molecule has 5 nitrogen and oxygen atoms in total. The van der Waals surface area contributed by atoms with Gasteiger partial charge in [-0.1, -0.05) is 35.9 Å². The summed E-state index contributed by atoms with van der Waals surface area (Å²) in [5.41, 5.74) is 2.86. The molecule has 2 aromatic rings. The molecule has 0 saturated heterocycles. The highest BCUT2D eigenvalue weighted by molar-refractivity contribution is 7.86. The summed E-state index contributed by atoms with van der Waals surface area (Å²) < 4.78 is 26.3. The first-order valence-electron chi connectivity index (χ1n) is 8.07. The maximum absolute atomic E-state index is 12.7. The molecule has 2 unspecified atom stereocenters. The fourth-order valence-electron chi connectivity index (χ4n) is 2.81. The maximum atomic E-state index is 12.7. The van der Waals surface area contributed by atoms with E-state index in [1.807, 2.05) is 36.4 Å². The maximum Gasteiger partial charge on any atom is 0.150 e. The lowest BCUT2D eigenvalue weighted by atomic mass is 9.97. The van der Waals surface area contributed by atoms with Gasteiger partial charge in [0.2, 0.25) is 0 Å². The number of hydrogen-bond donors (Lipinski definition) is 2. The molecule has 0 amide bonds. The molecule has 0 bridgehead atoms. The first-order valence-corrected chi connectivity index (χ1v) is 9.60. The van der Waals surface area contributed by atoms with Crippen LogP contribution in [0.5, 0.6) is 0 Å². The van der Waals surface area contributed by atoms with E-state index in [-0.39, 0.29) is 6.04 Å². The minimum atomic E-state index is -1.36. The zero-order valence-corrected chi connectivity index (χ0v) is 15.5. The summed E-state index contributed by atoms with van der Waals surface area (Å²) >= 11 is 6.12. The number of fused-ring (bicyclic) bond motifs is 2. The lowest BCUT2D eigenvalue weighted by Crippen LogP contribution is -2.27. The summed E-state index contributed by atoms with van der Waals surface area (Å²) in [5, 5.41) is 4.08. The number of benzene rings is 2. The predicted octanol–water partition coefficient (Wildman–Crippen LogP) is 3.13. The molecule has 0 fully saturated rings. The molecule has 0 spiro atoms. The standard InChI is InChI=1S/C18H21ClN2O3S/c1-23-10-11-24-9-8-20-18-14-4-2-3-5-16(14)21-25(22)17-12-13(19)6-7-15(17)18/h2-7,12,18,20-21H,8-11H2,1H3. The minimum Gasteiger partial charge on any atom is -0.382 e. The number of halogens is 1. The van der Waals surface area contributed by atoms with Crippen LogP contribution in [-0.2, 0) is 20.5 Å². The van der Waals surface area contributed by atoms with Gasteiger partial charge in [-0.25, -0.2) is 4.21 Å². The van der Waals surface area contributed by atoms with Gasteiger partial charge in [-0.2, -0.15) is 0 Å². The Balaban J connectivity index is 1.85. The van der Waals surface area contributed by atoms with Gasteiger partial charge in [-0.3, -0.25) is 0 Å². The van der Waals surface area contributed by atoms with Crippen LogP contribution in [0.15, 0.2) is 47.4 Å². The Kier molecular flexibility index (Phi) is 6.45. The van der Waals surface area contributed by atoms with Gasteiger partial charge >= 0.3 is 0 Å². The van der Waals surface area contributed by atoms with Crippen molar-refractivity contribution >= 4 is 28.3 Å². The van der Waals surface area contributed by atoms with Gasteiger partial charge in [-0.05, 0) is 29.3 Å². The Bertz CT molecular complexity index is 757. The Morgan fingerprint density at radius 3 is 2.84 bits per heavy atom. The monoisotopic (exact) mass is 380 g/mol. The fraction of sp³-hybridized carbons (Fsp3) is 0.333. The zero-order valence-electron chi connectivity index (χ0n) is 14.0. The van der Waals surface area contributed by atoms with Crippen molar-refractivity contribution in [3.05, 3.63) is 58.6 Å². The van der Waals surface area contributed by atoms with Crippen molar-refractivity contribution < 1.29 is 13.7 Å².